The van der Waals surface area contributed by atoms with Crippen molar-refractivity contribution in [3.8, 4) is 5.75 Å². The van der Waals surface area contributed by atoms with E-state index in [0.29, 0.717) is 25.2 Å². The van der Waals surface area contributed by atoms with Crippen LogP contribution < -0.4 is 4.74 Å². The standard InChI is InChI=1S/C23H27NO5/c1-23(2,3)29-22(27)24-19(13-14-20(24)21(25)26)17-9-11-18(12-10-17)28-15-16-7-5-4-6-8-16/h4-12,19-20H,13-15H2,1-3H3,(H,25,26)/t19-,20-/m0/s1. The van der Waals surface area contributed by atoms with Gasteiger partial charge in [0.15, 0.2) is 0 Å². The summed E-state index contributed by atoms with van der Waals surface area (Å²) < 4.78 is 11.3. The number of aliphatic carboxylic acids is 1. The SMILES string of the molecule is CC(C)(C)OC(=O)N1[C@H](C(=O)O)CC[C@H]1c1ccc(OCc2ccccc2)cc1. The Bertz CT molecular complexity index is 842. The molecule has 0 saturated carbocycles. The van der Waals surface area contributed by atoms with E-state index >= 15 is 0 Å². The van der Waals surface area contributed by atoms with Crippen molar-refractivity contribution in [2.24, 2.45) is 0 Å². The first-order valence-electron chi connectivity index (χ1n) is 9.75. The second-order valence-corrected chi connectivity index (χ2v) is 8.18. The average molecular weight is 397 g/mol. The number of hydrogen-bond acceptors (Lipinski definition) is 4. The molecule has 2 aromatic rings. The molecular weight excluding hydrogens is 370 g/mol. The van der Waals surface area contributed by atoms with E-state index in [1.807, 2.05) is 54.6 Å². The molecule has 6 heteroatoms. The molecular formula is C23H27NO5. The molecule has 0 bridgehead atoms. The zero-order chi connectivity index (χ0) is 21.0. The Balaban J connectivity index is 1.73. The molecule has 0 aliphatic carbocycles. The molecule has 0 spiro atoms. The van der Waals surface area contributed by atoms with Crippen LogP contribution in [0.3, 0.4) is 0 Å². The average Bonchev–Trinajstić information content (AvgIpc) is 3.12. The predicted octanol–water partition coefficient (Wildman–Crippen LogP) is 4.79. The van der Waals surface area contributed by atoms with Crippen LogP contribution in [-0.2, 0) is 16.1 Å². The number of carbonyl (C=O) groups excluding carboxylic acids is 1. The van der Waals surface area contributed by atoms with Crippen LogP contribution in [0.1, 0.15) is 50.8 Å². The van der Waals surface area contributed by atoms with Gasteiger partial charge >= 0.3 is 12.1 Å². The molecule has 1 fully saturated rings. The lowest BCUT2D eigenvalue weighted by atomic mass is 10.0. The van der Waals surface area contributed by atoms with Crippen LogP contribution in [0.4, 0.5) is 4.79 Å². The van der Waals surface area contributed by atoms with E-state index in [2.05, 4.69) is 0 Å². The molecule has 0 aromatic heterocycles. The molecule has 1 N–H and O–H groups in total. The zero-order valence-electron chi connectivity index (χ0n) is 17.0. The van der Waals surface area contributed by atoms with Crippen molar-refractivity contribution < 1.29 is 24.2 Å². The van der Waals surface area contributed by atoms with Gasteiger partial charge in [0, 0.05) is 0 Å². The summed E-state index contributed by atoms with van der Waals surface area (Å²) in [5.41, 5.74) is 1.25. The number of ether oxygens (including phenoxy) is 2. The lowest BCUT2D eigenvalue weighted by molar-refractivity contribution is -0.142. The summed E-state index contributed by atoms with van der Waals surface area (Å²) >= 11 is 0. The molecule has 0 unspecified atom stereocenters. The Kier molecular flexibility index (Phi) is 6.11. The molecule has 3 rings (SSSR count). The minimum atomic E-state index is -1.01. The summed E-state index contributed by atoms with van der Waals surface area (Å²) in [5, 5.41) is 9.55. The predicted molar refractivity (Wildman–Crippen MR) is 109 cm³/mol. The first kappa shape index (κ1) is 20.7. The molecule has 1 amide bonds. The maximum Gasteiger partial charge on any atom is 0.411 e. The van der Waals surface area contributed by atoms with E-state index in [0.717, 1.165) is 11.1 Å². The number of carboxylic acid groups (broad SMARTS) is 1. The smallest absolute Gasteiger partial charge is 0.411 e. The molecule has 29 heavy (non-hydrogen) atoms. The molecule has 1 aliphatic heterocycles. The maximum atomic E-state index is 12.7. The lowest BCUT2D eigenvalue weighted by Gasteiger charge is -2.31. The first-order chi connectivity index (χ1) is 13.7. The number of nitrogens with zero attached hydrogens (tertiary/aromatic N) is 1. The van der Waals surface area contributed by atoms with Gasteiger partial charge in [-0.2, -0.15) is 0 Å². The summed E-state index contributed by atoms with van der Waals surface area (Å²) in [4.78, 5) is 25.7. The van der Waals surface area contributed by atoms with Crippen LogP contribution in [0.2, 0.25) is 0 Å². The normalized spacial score (nSPS) is 19.1. The third kappa shape index (κ3) is 5.28. The highest BCUT2D eigenvalue weighted by molar-refractivity contribution is 5.81. The fraction of sp³-hybridized carbons (Fsp3) is 0.391. The minimum Gasteiger partial charge on any atom is -0.489 e. The van der Waals surface area contributed by atoms with Crippen LogP contribution in [-0.4, -0.2) is 33.7 Å². The number of benzene rings is 2. The molecule has 154 valence electrons. The van der Waals surface area contributed by atoms with Gasteiger partial charge in [-0.25, -0.2) is 9.59 Å². The number of likely N-dealkylation sites (tertiary alicyclic amines) is 1. The number of carbonyl (C=O) groups is 2. The fourth-order valence-electron chi connectivity index (χ4n) is 3.48. The third-order valence-corrected chi connectivity index (χ3v) is 4.79. The Labute approximate surface area is 171 Å². The molecule has 2 aromatic carbocycles. The topological polar surface area (TPSA) is 76.1 Å². The van der Waals surface area contributed by atoms with Crippen LogP contribution in [0.5, 0.6) is 5.75 Å². The lowest BCUT2D eigenvalue weighted by Crippen LogP contribution is -2.44. The second kappa shape index (κ2) is 8.55. The van der Waals surface area contributed by atoms with Gasteiger partial charge in [0.1, 0.15) is 24.0 Å². The van der Waals surface area contributed by atoms with Crippen molar-refractivity contribution in [3.63, 3.8) is 0 Å². The number of amides is 1. The summed E-state index contributed by atoms with van der Waals surface area (Å²) in [6, 6.07) is 16.1. The highest BCUT2D eigenvalue weighted by atomic mass is 16.6. The van der Waals surface area contributed by atoms with Gasteiger partial charge in [0.25, 0.3) is 0 Å². The highest BCUT2D eigenvalue weighted by Crippen LogP contribution is 2.38. The van der Waals surface area contributed by atoms with E-state index in [-0.39, 0.29) is 6.04 Å². The molecule has 1 aliphatic rings. The van der Waals surface area contributed by atoms with Crippen LogP contribution >= 0.6 is 0 Å². The van der Waals surface area contributed by atoms with E-state index < -0.39 is 23.7 Å². The van der Waals surface area contributed by atoms with Crippen molar-refractivity contribution in [1.82, 2.24) is 4.90 Å². The van der Waals surface area contributed by atoms with E-state index in [9.17, 15) is 14.7 Å². The fourth-order valence-corrected chi connectivity index (χ4v) is 3.48. The van der Waals surface area contributed by atoms with Crippen molar-refractivity contribution in [3.05, 3.63) is 65.7 Å². The Hall–Kier alpha value is -3.02. The van der Waals surface area contributed by atoms with E-state index in [1.165, 1.54) is 4.90 Å². The monoisotopic (exact) mass is 397 g/mol. The molecule has 1 heterocycles. The second-order valence-electron chi connectivity index (χ2n) is 8.18. The Morgan fingerprint density at radius 2 is 1.69 bits per heavy atom. The summed E-state index contributed by atoms with van der Waals surface area (Å²) in [5.74, 6) is -0.296. The number of carboxylic acids is 1. The van der Waals surface area contributed by atoms with Crippen molar-refractivity contribution in [2.45, 2.75) is 57.9 Å². The van der Waals surface area contributed by atoms with Crippen LogP contribution in [0.15, 0.2) is 54.6 Å². The maximum absolute atomic E-state index is 12.7. The Morgan fingerprint density at radius 1 is 1.03 bits per heavy atom. The van der Waals surface area contributed by atoms with Crippen molar-refractivity contribution in [2.75, 3.05) is 0 Å². The molecule has 6 nitrogen and oxygen atoms in total. The van der Waals surface area contributed by atoms with Gasteiger partial charge in [-0.1, -0.05) is 42.5 Å². The largest absolute Gasteiger partial charge is 0.489 e. The number of rotatable bonds is 5. The van der Waals surface area contributed by atoms with E-state index in [4.69, 9.17) is 9.47 Å². The minimum absolute atomic E-state index is 0.339. The Morgan fingerprint density at radius 3 is 2.28 bits per heavy atom. The highest BCUT2D eigenvalue weighted by Gasteiger charge is 2.43. The van der Waals surface area contributed by atoms with Gasteiger partial charge in [-0.15, -0.1) is 0 Å². The molecule has 2 atom stereocenters. The van der Waals surface area contributed by atoms with Crippen LogP contribution in [0.25, 0.3) is 0 Å². The van der Waals surface area contributed by atoms with Crippen molar-refractivity contribution in [1.29, 1.82) is 0 Å². The zero-order valence-corrected chi connectivity index (χ0v) is 17.0. The van der Waals surface area contributed by atoms with Gasteiger partial charge in [-0.3, -0.25) is 4.90 Å². The number of hydrogen-bond donors (Lipinski definition) is 1. The van der Waals surface area contributed by atoms with E-state index in [1.54, 1.807) is 20.8 Å². The van der Waals surface area contributed by atoms with Gasteiger partial charge in [-0.05, 0) is 56.9 Å². The summed E-state index contributed by atoms with van der Waals surface area (Å²) in [6.07, 6.45) is 0.364. The summed E-state index contributed by atoms with van der Waals surface area (Å²) in [7, 11) is 0. The first-order valence-corrected chi connectivity index (χ1v) is 9.75. The quantitative estimate of drug-likeness (QED) is 0.785. The van der Waals surface area contributed by atoms with Crippen molar-refractivity contribution >= 4 is 12.1 Å². The van der Waals surface area contributed by atoms with Gasteiger partial charge in [0.2, 0.25) is 0 Å². The summed E-state index contributed by atoms with van der Waals surface area (Å²) in [6.45, 7) is 5.77. The van der Waals surface area contributed by atoms with Gasteiger partial charge in [0.05, 0.1) is 6.04 Å². The molecule has 0 radical (unpaired) electrons. The molecule has 1 saturated heterocycles. The van der Waals surface area contributed by atoms with Gasteiger partial charge < -0.3 is 14.6 Å². The third-order valence-electron chi connectivity index (χ3n) is 4.79. The van der Waals surface area contributed by atoms with Crippen LogP contribution in [0, 0.1) is 0 Å².